The van der Waals surface area contributed by atoms with Gasteiger partial charge in [0.2, 0.25) is 0 Å². The van der Waals surface area contributed by atoms with Gasteiger partial charge in [-0.3, -0.25) is 4.98 Å². The summed E-state index contributed by atoms with van der Waals surface area (Å²) >= 11 is 1.25. The van der Waals surface area contributed by atoms with E-state index >= 15 is 0 Å². The topological polar surface area (TPSA) is 158 Å². The normalized spacial score (nSPS) is 14.6. The van der Waals surface area contributed by atoms with Crippen LogP contribution in [0.4, 0.5) is 28.4 Å². The molecule has 2 atom stereocenters. The number of methoxy groups -OCH3 is 2. The van der Waals surface area contributed by atoms with Crippen LogP contribution in [0.5, 0.6) is 0 Å². The van der Waals surface area contributed by atoms with Crippen LogP contribution in [0.15, 0.2) is 66.2 Å². The summed E-state index contributed by atoms with van der Waals surface area (Å²) in [5, 5.41) is 15.9. The molecule has 6 rings (SSSR count). The monoisotopic (exact) mass is 922 g/mol. The summed E-state index contributed by atoms with van der Waals surface area (Å²) in [7, 11) is 2.72. The molecule has 0 saturated carbocycles. The number of halogens is 3. The van der Waals surface area contributed by atoms with Crippen molar-refractivity contribution in [2.24, 2.45) is 5.41 Å². The van der Waals surface area contributed by atoms with Gasteiger partial charge in [0.1, 0.15) is 24.8 Å². The number of thiazole rings is 1. The van der Waals surface area contributed by atoms with Crippen molar-refractivity contribution in [2.45, 2.75) is 91.5 Å². The number of pyridine rings is 1. The van der Waals surface area contributed by atoms with Gasteiger partial charge >= 0.3 is 24.3 Å². The molecule has 18 heteroatoms. The van der Waals surface area contributed by atoms with Crippen LogP contribution in [-0.4, -0.2) is 108 Å². The zero-order valence-electron chi connectivity index (χ0n) is 38.0. The summed E-state index contributed by atoms with van der Waals surface area (Å²) in [5.74, 6) is -0.689. The van der Waals surface area contributed by atoms with E-state index in [4.69, 9.17) is 28.9 Å². The van der Waals surface area contributed by atoms with Crippen molar-refractivity contribution >= 4 is 46.1 Å². The smallest absolute Gasteiger partial charge is 0.410 e. The summed E-state index contributed by atoms with van der Waals surface area (Å²) in [5.41, 5.74) is 3.12. The first-order valence-electron chi connectivity index (χ1n) is 21.3. The lowest BCUT2D eigenvalue weighted by atomic mass is 9.84. The molecule has 350 valence electrons. The number of piperazine rings is 1. The van der Waals surface area contributed by atoms with E-state index in [0.717, 1.165) is 5.56 Å². The Morgan fingerprint density at radius 3 is 2.31 bits per heavy atom. The Bertz CT molecular complexity index is 2460. The lowest BCUT2D eigenvalue weighted by Gasteiger charge is -2.35. The third-order valence-electron chi connectivity index (χ3n) is 11.0. The van der Waals surface area contributed by atoms with Gasteiger partial charge in [0.05, 0.1) is 47.2 Å². The molecule has 1 saturated heterocycles. The highest BCUT2D eigenvalue weighted by molar-refractivity contribution is 7.10. The predicted octanol–water partition coefficient (Wildman–Crippen LogP) is 8.73. The third kappa shape index (κ3) is 12.3. The van der Waals surface area contributed by atoms with Crippen molar-refractivity contribution in [2.75, 3.05) is 51.9 Å². The number of alkyl halides is 3. The molecular formula is C47H57F3N6O8S. The number of hydrogen-bond donors (Lipinski definition) is 2. The highest BCUT2D eigenvalue weighted by atomic mass is 32.1. The number of hydrogen-bond acceptors (Lipinski definition) is 12. The molecule has 2 aromatic carbocycles. The van der Waals surface area contributed by atoms with Crippen LogP contribution in [0.1, 0.15) is 69.5 Å². The van der Waals surface area contributed by atoms with Crippen LogP contribution in [0, 0.1) is 5.41 Å². The van der Waals surface area contributed by atoms with Gasteiger partial charge in [0.15, 0.2) is 0 Å². The van der Waals surface area contributed by atoms with Crippen molar-refractivity contribution in [3.05, 3.63) is 88.0 Å². The van der Waals surface area contributed by atoms with Crippen molar-refractivity contribution in [3.8, 4) is 22.5 Å². The number of aliphatic hydroxyl groups excluding tert-OH is 1. The van der Waals surface area contributed by atoms with Crippen LogP contribution in [0.3, 0.4) is 0 Å². The number of fused-ring (bicyclic) bond motifs is 1. The summed E-state index contributed by atoms with van der Waals surface area (Å²) in [6, 6.07) is 15.3. The molecule has 1 fully saturated rings. The Morgan fingerprint density at radius 2 is 1.68 bits per heavy atom. The first-order chi connectivity index (χ1) is 30.7. The Kier molecular flexibility index (Phi) is 15.1. The van der Waals surface area contributed by atoms with Gasteiger partial charge in [-0.1, -0.05) is 50.2 Å². The van der Waals surface area contributed by atoms with E-state index in [0.29, 0.717) is 81.5 Å². The van der Waals surface area contributed by atoms with E-state index in [1.165, 1.54) is 30.1 Å². The predicted molar refractivity (Wildman–Crippen MR) is 242 cm³/mol. The Morgan fingerprint density at radius 1 is 0.969 bits per heavy atom. The largest absolute Gasteiger partial charge is 0.467 e. The molecule has 0 aliphatic carbocycles. The molecule has 2 N–H and O–H groups in total. The number of nitrogens with zero attached hydrogens (tertiary/aromatic N) is 5. The number of rotatable bonds is 15. The first kappa shape index (κ1) is 48.7. The van der Waals surface area contributed by atoms with Crippen molar-refractivity contribution < 1.29 is 51.6 Å². The lowest BCUT2D eigenvalue weighted by molar-refractivity contribution is -0.143. The number of ether oxygens (including phenoxy) is 4. The average molecular weight is 923 g/mol. The van der Waals surface area contributed by atoms with Crippen LogP contribution >= 0.6 is 11.3 Å². The fourth-order valence-corrected chi connectivity index (χ4v) is 8.52. The van der Waals surface area contributed by atoms with Gasteiger partial charge in [-0.25, -0.2) is 19.4 Å². The van der Waals surface area contributed by atoms with Crippen molar-refractivity contribution in [1.82, 2.24) is 24.8 Å². The van der Waals surface area contributed by atoms with Crippen molar-refractivity contribution in [3.63, 3.8) is 0 Å². The summed E-state index contributed by atoms with van der Waals surface area (Å²) in [4.78, 5) is 51.6. The molecule has 3 aromatic heterocycles. The van der Waals surface area contributed by atoms with Crippen LogP contribution in [0.25, 0.3) is 33.4 Å². The SMILES string of the molecule is COC(=O)[C@H](Cc1nc(-c2ccc3c(c2)c(CC(C)(C)CO)c(-c2cc(N4CCN(C(=O)OCc5ccccc5)CC4)cnc2[C@H](C)OC)n3CC(F)(F)F)cs1)NC(=O)OC(C)(C)C. The number of amides is 2. The number of anilines is 1. The molecule has 4 heterocycles. The van der Waals surface area contributed by atoms with Gasteiger partial charge in [0, 0.05) is 73.7 Å². The molecule has 0 bridgehead atoms. The molecular weight excluding hydrogens is 866 g/mol. The molecule has 14 nitrogen and oxygen atoms in total. The van der Waals surface area contributed by atoms with E-state index in [-0.39, 0.29) is 26.1 Å². The zero-order valence-corrected chi connectivity index (χ0v) is 38.8. The second kappa shape index (κ2) is 20.2. The molecule has 1 aliphatic rings. The number of aliphatic hydroxyl groups is 1. The maximum absolute atomic E-state index is 14.8. The van der Waals surface area contributed by atoms with Gasteiger partial charge in [-0.2, -0.15) is 13.2 Å². The average Bonchev–Trinajstić information content (AvgIpc) is 3.85. The summed E-state index contributed by atoms with van der Waals surface area (Å²) in [6.07, 6.45) is -4.60. The van der Waals surface area contributed by atoms with E-state index in [1.54, 1.807) is 62.4 Å². The lowest BCUT2D eigenvalue weighted by Crippen LogP contribution is -2.49. The van der Waals surface area contributed by atoms with E-state index in [2.05, 4.69) is 5.32 Å². The Balaban J connectivity index is 1.40. The van der Waals surface area contributed by atoms with Gasteiger partial charge in [0.25, 0.3) is 0 Å². The van der Waals surface area contributed by atoms with Crippen molar-refractivity contribution in [1.29, 1.82) is 0 Å². The van der Waals surface area contributed by atoms with Gasteiger partial charge < -0.3 is 43.7 Å². The Labute approximate surface area is 380 Å². The van der Waals surface area contributed by atoms with Crippen LogP contribution in [0.2, 0.25) is 0 Å². The molecule has 2 amide bonds. The fraction of sp³-hybridized carbons (Fsp3) is 0.468. The highest BCUT2D eigenvalue weighted by Gasteiger charge is 2.35. The van der Waals surface area contributed by atoms with E-state index in [9.17, 15) is 32.7 Å². The number of carbonyl (C=O) groups is 3. The number of nitrogens with one attached hydrogen (secondary N) is 1. The fourth-order valence-electron chi connectivity index (χ4n) is 7.67. The number of aromatic nitrogens is 3. The second-order valence-electron chi connectivity index (χ2n) is 17.8. The quantitative estimate of drug-likeness (QED) is 0.0765. The molecule has 1 aliphatic heterocycles. The molecule has 0 spiro atoms. The van der Waals surface area contributed by atoms with E-state index < -0.39 is 54.0 Å². The third-order valence-corrected chi connectivity index (χ3v) is 11.9. The number of alkyl carbamates (subject to hydrolysis) is 1. The zero-order chi connectivity index (χ0) is 47.3. The van der Waals surface area contributed by atoms with Crippen LogP contribution in [-0.2, 0) is 49.7 Å². The minimum Gasteiger partial charge on any atom is -0.467 e. The van der Waals surface area contributed by atoms with Gasteiger partial charge in [-0.15, -0.1) is 11.3 Å². The highest BCUT2D eigenvalue weighted by Crippen LogP contribution is 2.44. The number of esters is 1. The van der Waals surface area contributed by atoms with Crippen LogP contribution < -0.4 is 10.2 Å². The molecule has 65 heavy (non-hydrogen) atoms. The molecule has 0 radical (unpaired) electrons. The first-order valence-corrected chi connectivity index (χ1v) is 22.2. The van der Waals surface area contributed by atoms with Gasteiger partial charge in [-0.05, 0) is 68.9 Å². The minimum atomic E-state index is -4.63. The Hall–Kier alpha value is -5.72. The summed E-state index contributed by atoms with van der Waals surface area (Å²) < 4.78 is 67.3. The standard InChI is InChI=1S/C47H57F3N6O8S/c1-29(61-7)40-34(21-32(24-51-40)54-16-18-55(19-17-54)44(60)63-25-30-12-10-9-11-13-30)41-35(23-46(5,6)28-57)33-20-31(14-15-38(33)56(41)27-47(48,49)50)37-26-65-39(52-37)22-36(42(58)62-8)53-43(59)64-45(2,3)4/h9-15,20-21,24,26,29,36,57H,16-19,22-23,25,27-28H2,1-8H3,(H,53,59)/t29-,36-/m0/s1. The number of benzene rings is 2. The second-order valence-corrected chi connectivity index (χ2v) is 18.8. The maximum atomic E-state index is 14.8. The number of carbonyl (C=O) groups excluding carboxylic acids is 3. The molecule has 5 aromatic rings. The summed E-state index contributed by atoms with van der Waals surface area (Å²) in [6.45, 7) is 10.7. The maximum Gasteiger partial charge on any atom is 0.410 e. The molecule has 0 unspecified atom stereocenters. The van der Waals surface area contributed by atoms with E-state index in [1.807, 2.05) is 55.1 Å². The minimum absolute atomic E-state index is 0.00192.